The van der Waals surface area contributed by atoms with Crippen molar-refractivity contribution in [3.05, 3.63) is 111 Å². The quantitative estimate of drug-likeness (QED) is 0.253. The Labute approximate surface area is 207 Å². The molecule has 0 atom stereocenters. The molecule has 0 fully saturated rings. The Hall–Kier alpha value is -2.55. The highest BCUT2D eigenvalue weighted by atomic mass is 35.5. The van der Waals surface area contributed by atoms with Gasteiger partial charge in [0.2, 0.25) is 0 Å². The number of hydrogen-bond acceptors (Lipinski definition) is 1. The van der Waals surface area contributed by atoms with Crippen molar-refractivity contribution in [1.82, 2.24) is 4.90 Å². The summed E-state index contributed by atoms with van der Waals surface area (Å²) in [5.74, 6) is -0.0287. The molecule has 0 aliphatic carbocycles. The third-order valence-corrected chi connectivity index (χ3v) is 6.37. The Balaban J connectivity index is 1.86. The van der Waals surface area contributed by atoms with E-state index in [4.69, 9.17) is 23.2 Å². The molecule has 172 valence electrons. The van der Waals surface area contributed by atoms with E-state index in [1.165, 1.54) is 24.0 Å². The number of unbranched alkanes of at least 4 members (excludes halogenated alkanes) is 2. The van der Waals surface area contributed by atoms with Crippen LogP contribution in [-0.4, -0.2) is 23.9 Å². The average molecular weight is 480 g/mol. The van der Waals surface area contributed by atoms with Crippen LogP contribution in [0.1, 0.15) is 54.1 Å². The first-order valence-corrected chi connectivity index (χ1v) is 12.3. The van der Waals surface area contributed by atoms with Gasteiger partial charge in [0.15, 0.2) is 0 Å². The van der Waals surface area contributed by atoms with Crippen LogP contribution in [0.2, 0.25) is 10.0 Å². The summed E-state index contributed by atoms with van der Waals surface area (Å²) in [6.07, 6.45) is 7.45. The fraction of sp³-hybridized carbons (Fsp3) is 0.276. The molecule has 0 aromatic heterocycles. The van der Waals surface area contributed by atoms with E-state index in [2.05, 4.69) is 37.3 Å². The second-order valence-corrected chi connectivity index (χ2v) is 9.08. The first kappa shape index (κ1) is 25.1. The van der Waals surface area contributed by atoms with E-state index < -0.39 is 0 Å². The third-order valence-electron chi connectivity index (χ3n) is 5.63. The van der Waals surface area contributed by atoms with Crippen LogP contribution in [0, 0.1) is 0 Å². The van der Waals surface area contributed by atoms with E-state index in [-0.39, 0.29) is 5.91 Å². The van der Waals surface area contributed by atoms with Gasteiger partial charge in [0, 0.05) is 18.7 Å². The molecule has 3 rings (SSSR count). The van der Waals surface area contributed by atoms with Crippen molar-refractivity contribution in [3.63, 3.8) is 0 Å². The Morgan fingerprint density at radius 1 is 0.879 bits per heavy atom. The number of halogens is 2. The Kier molecular flexibility index (Phi) is 10.1. The molecule has 0 unspecified atom stereocenters. The van der Waals surface area contributed by atoms with Gasteiger partial charge in [-0.3, -0.25) is 4.79 Å². The molecule has 0 aliphatic heterocycles. The molecule has 4 heteroatoms. The summed E-state index contributed by atoms with van der Waals surface area (Å²) < 4.78 is 0. The molecule has 0 saturated heterocycles. The van der Waals surface area contributed by atoms with Crippen LogP contribution in [0.15, 0.2) is 84.4 Å². The number of nitrogens with zero attached hydrogens (tertiary/aromatic N) is 1. The molecule has 0 radical (unpaired) electrons. The second-order valence-electron chi connectivity index (χ2n) is 8.26. The lowest BCUT2D eigenvalue weighted by Gasteiger charge is -2.25. The van der Waals surface area contributed by atoms with Crippen LogP contribution in [-0.2, 0) is 6.42 Å². The smallest absolute Gasteiger partial charge is 0.254 e. The van der Waals surface area contributed by atoms with Crippen molar-refractivity contribution in [2.75, 3.05) is 13.1 Å². The van der Waals surface area contributed by atoms with Gasteiger partial charge in [-0.25, -0.2) is 0 Å². The van der Waals surface area contributed by atoms with Gasteiger partial charge in [0.25, 0.3) is 5.91 Å². The zero-order valence-corrected chi connectivity index (χ0v) is 20.7. The maximum atomic E-state index is 13.5. The van der Waals surface area contributed by atoms with Crippen LogP contribution < -0.4 is 0 Å². The molecule has 1 amide bonds. The molecular formula is C29H31Cl2NO. The Bertz CT molecular complexity index is 1050. The highest BCUT2D eigenvalue weighted by Crippen LogP contribution is 2.24. The molecule has 0 aliphatic rings. The van der Waals surface area contributed by atoms with Crippen molar-refractivity contribution in [2.24, 2.45) is 0 Å². The maximum Gasteiger partial charge on any atom is 0.254 e. The molecule has 0 bridgehead atoms. The van der Waals surface area contributed by atoms with Gasteiger partial charge in [-0.1, -0.05) is 115 Å². The van der Waals surface area contributed by atoms with Crippen molar-refractivity contribution < 1.29 is 4.79 Å². The van der Waals surface area contributed by atoms with Gasteiger partial charge >= 0.3 is 0 Å². The monoisotopic (exact) mass is 479 g/mol. The molecule has 0 spiro atoms. The van der Waals surface area contributed by atoms with E-state index in [1.54, 1.807) is 18.2 Å². The summed E-state index contributed by atoms with van der Waals surface area (Å²) in [6, 6.07) is 25.7. The number of carbonyl (C=O) groups is 1. The first-order valence-electron chi connectivity index (χ1n) is 11.6. The number of benzene rings is 3. The number of carbonyl (C=O) groups excluding carboxylic acids is 1. The molecule has 2 nitrogen and oxygen atoms in total. The van der Waals surface area contributed by atoms with Crippen LogP contribution in [0.3, 0.4) is 0 Å². The van der Waals surface area contributed by atoms with Crippen LogP contribution >= 0.6 is 23.2 Å². The standard InChI is InChI=1S/C29H31Cl2NO/c1-2-3-6-15-25(20-24-13-9-5-10-14-24)22-32(19-18-23-11-7-4-8-12-23)29(33)26-16-17-27(30)28(31)21-26/h4-5,7-14,16-17,20-21H,2-3,6,15,18-19,22H2,1H3/b25-20+. The van der Waals surface area contributed by atoms with E-state index in [1.807, 2.05) is 41.3 Å². The lowest BCUT2D eigenvalue weighted by molar-refractivity contribution is 0.0770. The molecule has 0 saturated carbocycles. The Morgan fingerprint density at radius 3 is 2.24 bits per heavy atom. The summed E-state index contributed by atoms with van der Waals surface area (Å²) in [4.78, 5) is 15.5. The minimum absolute atomic E-state index is 0.0287. The second kappa shape index (κ2) is 13.2. The highest BCUT2D eigenvalue weighted by molar-refractivity contribution is 6.42. The van der Waals surface area contributed by atoms with E-state index in [9.17, 15) is 4.79 Å². The van der Waals surface area contributed by atoms with E-state index in [0.717, 1.165) is 24.8 Å². The van der Waals surface area contributed by atoms with Crippen LogP contribution in [0.4, 0.5) is 0 Å². The van der Waals surface area contributed by atoms with E-state index in [0.29, 0.717) is 28.7 Å². The largest absolute Gasteiger partial charge is 0.334 e. The minimum Gasteiger partial charge on any atom is -0.334 e. The lowest BCUT2D eigenvalue weighted by Crippen LogP contribution is -2.34. The predicted octanol–water partition coefficient (Wildman–Crippen LogP) is 8.34. The topological polar surface area (TPSA) is 20.3 Å². The zero-order valence-electron chi connectivity index (χ0n) is 19.1. The van der Waals surface area contributed by atoms with Crippen LogP contribution in [0.25, 0.3) is 6.08 Å². The molecule has 0 heterocycles. The SMILES string of the molecule is CCCCC/C(=C\c1ccccc1)CN(CCc1ccccc1)C(=O)c1ccc(Cl)c(Cl)c1. The average Bonchev–Trinajstić information content (AvgIpc) is 2.84. The fourth-order valence-electron chi connectivity index (χ4n) is 3.80. The predicted molar refractivity (Wildman–Crippen MR) is 141 cm³/mol. The number of hydrogen-bond donors (Lipinski definition) is 0. The molecule has 3 aromatic carbocycles. The molecule has 3 aromatic rings. The van der Waals surface area contributed by atoms with E-state index >= 15 is 0 Å². The van der Waals surface area contributed by atoms with Gasteiger partial charge < -0.3 is 4.90 Å². The van der Waals surface area contributed by atoms with Crippen molar-refractivity contribution in [1.29, 1.82) is 0 Å². The van der Waals surface area contributed by atoms with Gasteiger partial charge in [-0.2, -0.15) is 0 Å². The van der Waals surface area contributed by atoms with Crippen molar-refractivity contribution in [2.45, 2.75) is 39.0 Å². The third kappa shape index (κ3) is 8.07. The van der Waals surface area contributed by atoms with Gasteiger partial charge in [-0.05, 0) is 48.6 Å². The molecular weight excluding hydrogens is 449 g/mol. The fourth-order valence-corrected chi connectivity index (χ4v) is 4.10. The van der Waals surface area contributed by atoms with Gasteiger partial charge in [0.1, 0.15) is 0 Å². The lowest BCUT2D eigenvalue weighted by atomic mass is 10.0. The van der Waals surface area contributed by atoms with Crippen molar-refractivity contribution in [3.8, 4) is 0 Å². The van der Waals surface area contributed by atoms with Gasteiger partial charge in [-0.15, -0.1) is 0 Å². The summed E-state index contributed by atoms with van der Waals surface area (Å²) in [5, 5.41) is 0.849. The number of amides is 1. The normalized spacial score (nSPS) is 11.4. The Morgan fingerprint density at radius 2 is 1.58 bits per heavy atom. The zero-order chi connectivity index (χ0) is 23.5. The van der Waals surface area contributed by atoms with Crippen LogP contribution in [0.5, 0.6) is 0 Å². The van der Waals surface area contributed by atoms with Crippen molar-refractivity contribution >= 4 is 35.2 Å². The maximum absolute atomic E-state index is 13.5. The summed E-state index contributed by atoms with van der Waals surface area (Å²) >= 11 is 12.3. The molecule has 33 heavy (non-hydrogen) atoms. The minimum atomic E-state index is -0.0287. The summed E-state index contributed by atoms with van der Waals surface area (Å²) in [7, 11) is 0. The summed E-state index contributed by atoms with van der Waals surface area (Å²) in [5.41, 5.74) is 4.19. The summed E-state index contributed by atoms with van der Waals surface area (Å²) in [6.45, 7) is 3.42. The highest BCUT2D eigenvalue weighted by Gasteiger charge is 2.18. The number of rotatable bonds is 11. The molecule has 0 N–H and O–H groups in total. The van der Waals surface area contributed by atoms with Gasteiger partial charge in [0.05, 0.1) is 10.0 Å². The first-order chi connectivity index (χ1) is 16.1.